The molecule has 2 fully saturated rings. The van der Waals surface area contributed by atoms with Gasteiger partial charge in [0.1, 0.15) is 0 Å². The molecule has 0 spiro atoms. The monoisotopic (exact) mass is 380 g/mol. The van der Waals surface area contributed by atoms with Gasteiger partial charge < -0.3 is 5.32 Å². The number of aromatic nitrogens is 3. The van der Waals surface area contributed by atoms with Crippen molar-refractivity contribution in [3.8, 4) is 0 Å². The Morgan fingerprint density at radius 3 is 2.48 bits per heavy atom. The lowest BCUT2D eigenvalue weighted by atomic mass is 9.80. The molecule has 148 valence electrons. The second kappa shape index (κ2) is 7.08. The summed E-state index contributed by atoms with van der Waals surface area (Å²) in [6.45, 7) is 6.20. The molecule has 27 heavy (non-hydrogen) atoms. The molecule has 3 heterocycles. The molecule has 1 aliphatic heterocycles. The van der Waals surface area contributed by atoms with Gasteiger partial charge in [-0.05, 0) is 57.6 Å². The van der Waals surface area contributed by atoms with Crippen molar-refractivity contribution in [2.45, 2.75) is 64.0 Å². The Morgan fingerprint density at radius 2 is 1.81 bits per heavy atom. The van der Waals surface area contributed by atoms with E-state index in [4.69, 9.17) is 5.10 Å². The SMILES string of the molecule is Cc1cc([C@H]2CNC[C@@H](C)C2)n2nc(C3CCC(C(F)(F)F)CC3)cc2n1. The molecule has 0 aromatic carbocycles. The molecule has 2 atom stereocenters. The average Bonchev–Trinajstić information content (AvgIpc) is 3.04. The normalized spacial score (nSPS) is 30.0. The molecule has 4 nitrogen and oxygen atoms in total. The Bertz CT molecular complexity index is 805. The van der Waals surface area contributed by atoms with Crippen molar-refractivity contribution in [1.82, 2.24) is 19.9 Å². The highest BCUT2D eigenvalue weighted by Gasteiger charge is 2.42. The highest BCUT2D eigenvalue weighted by Crippen LogP contribution is 2.42. The summed E-state index contributed by atoms with van der Waals surface area (Å²) < 4.78 is 40.7. The van der Waals surface area contributed by atoms with Crippen LogP contribution in [0.5, 0.6) is 0 Å². The van der Waals surface area contributed by atoms with Gasteiger partial charge in [-0.25, -0.2) is 9.50 Å². The second-order valence-electron chi connectivity index (χ2n) is 8.45. The molecule has 1 aliphatic carbocycles. The summed E-state index contributed by atoms with van der Waals surface area (Å²) in [7, 11) is 0. The Morgan fingerprint density at radius 1 is 1.07 bits per heavy atom. The molecule has 0 bridgehead atoms. The maximum atomic E-state index is 12.9. The van der Waals surface area contributed by atoms with Crippen LogP contribution in [0.1, 0.15) is 67.9 Å². The van der Waals surface area contributed by atoms with E-state index in [0.717, 1.165) is 42.2 Å². The van der Waals surface area contributed by atoms with Crippen LogP contribution in [0, 0.1) is 18.8 Å². The Balaban J connectivity index is 1.60. The van der Waals surface area contributed by atoms with E-state index in [1.54, 1.807) is 0 Å². The molecule has 1 saturated carbocycles. The van der Waals surface area contributed by atoms with Gasteiger partial charge in [-0.2, -0.15) is 18.3 Å². The molecule has 0 amide bonds. The molecule has 2 aliphatic rings. The summed E-state index contributed by atoms with van der Waals surface area (Å²) in [5.41, 5.74) is 3.83. The van der Waals surface area contributed by atoms with E-state index < -0.39 is 12.1 Å². The zero-order chi connectivity index (χ0) is 19.2. The first-order chi connectivity index (χ1) is 12.8. The lowest BCUT2D eigenvalue weighted by molar-refractivity contribution is -0.182. The van der Waals surface area contributed by atoms with Crippen LogP contribution in [0.3, 0.4) is 0 Å². The van der Waals surface area contributed by atoms with Gasteiger partial charge in [0.2, 0.25) is 0 Å². The average molecular weight is 380 g/mol. The third-order valence-corrected chi connectivity index (χ3v) is 6.20. The van der Waals surface area contributed by atoms with Crippen LogP contribution in [-0.4, -0.2) is 33.9 Å². The molecule has 4 rings (SSSR count). The highest BCUT2D eigenvalue weighted by atomic mass is 19.4. The summed E-state index contributed by atoms with van der Waals surface area (Å²) in [5.74, 6) is -0.0648. The summed E-state index contributed by atoms with van der Waals surface area (Å²) >= 11 is 0. The third kappa shape index (κ3) is 3.84. The van der Waals surface area contributed by atoms with Crippen molar-refractivity contribution in [3.05, 3.63) is 29.2 Å². The first kappa shape index (κ1) is 18.7. The number of hydrogen-bond donors (Lipinski definition) is 1. The molecular formula is C20H27F3N4. The summed E-state index contributed by atoms with van der Waals surface area (Å²) in [5, 5.41) is 8.30. The minimum absolute atomic E-state index is 0.0989. The fraction of sp³-hybridized carbons (Fsp3) is 0.700. The minimum atomic E-state index is -4.07. The van der Waals surface area contributed by atoms with Crippen LogP contribution in [-0.2, 0) is 0 Å². The molecule has 7 heteroatoms. The number of alkyl halides is 3. The molecule has 2 aromatic rings. The lowest BCUT2D eigenvalue weighted by Crippen LogP contribution is -2.34. The zero-order valence-corrected chi connectivity index (χ0v) is 15.9. The maximum Gasteiger partial charge on any atom is 0.391 e. The van der Waals surface area contributed by atoms with Crippen LogP contribution >= 0.6 is 0 Å². The van der Waals surface area contributed by atoms with Crippen LogP contribution < -0.4 is 5.32 Å². The van der Waals surface area contributed by atoms with E-state index in [9.17, 15) is 13.2 Å². The van der Waals surface area contributed by atoms with Crippen molar-refractivity contribution in [1.29, 1.82) is 0 Å². The Kier molecular flexibility index (Phi) is 4.91. The van der Waals surface area contributed by atoms with Crippen LogP contribution in [0.25, 0.3) is 5.65 Å². The van der Waals surface area contributed by atoms with Gasteiger partial charge in [0.25, 0.3) is 0 Å². The van der Waals surface area contributed by atoms with Crippen molar-refractivity contribution >= 4 is 5.65 Å². The quantitative estimate of drug-likeness (QED) is 0.829. The van der Waals surface area contributed by atoms with E-state index in [0.29, 0.717) is 24.7 Å². The number of hydrogen-bond acceptors (Lipinski definition) is 3. The molecular weight excluding hydrogens is 353 g/mol. The van der Waals surface area contributed by atoms with Crippen molar-refractivity contribution in [3.63, 3.8) is 0 Å². The second-order valence-corrected chi connectivity index (χ2v) is 8.45. The number of aryl methyl sites for hydroxylation is 1. The van der Waals surface area contributed by atoms with E-state index in [1.807, 2.05) is 17.5 Å². The van der Waals surface area contributed by atoms with Gasteiger partial charge in [-0.1, -0.05) is 6.92 Å². The van der Waals surface area contributed by atoms with E-state index in [2.05, 4.69) is 23.3 Å². The zero-order valence-electron chi connectivity index (χ0n) is 15.9. The van der Waals surface area contributed by atoms with Gasteiger partial charge >= 0.3 is 6.18 Å². The summed E-state index contributed by atoms with van der Waals surface area (Å²) in [6, 6.07) is 4.09. The number of nitrogens with one attached hydrogen (secondary N) is 1. The number of rotatable bonds is 2. The molecule has 2 aromatic heterocycles. The fourth-order valence-corrected chi connectivity index (χ4v) is 4.74. The third-order valence-electron chi connectivity index (χ3n) is 6.20. The van der Waals surface area contributed by atoms with Crippen molar-refractivity contribution < 1.29 is 13.2 Å². The van der Waals surface area contributed by atoms with E-state index in [1.165, 1.54) is 0 Å². The highest BCUT2D eigenvalue weighted by molar-refractivity contribution is 5.43. The summed E-state index contributed by atoms with van der Waals surface area (Å²) in [6.07, 6.45) is -1.47. The largest absolute Gasteiger partial charge is 0.391 e. The van der Waals surface area contributed by atoms with Crippen LogP contribution in [0.4, 0.5) is 13.2 Å². The summed E-state index contributed by atoms with van der Waals surface area (Å²) in [4.78, 5) is 4.62. The van der Waals surface area contributed by atoms with Gasteiger partial charge in [0.15, 0.2) is 5.65 Å². The lowest BCUT2D eigenvalue weighted by Gasteiger charge is -2.29. The minimum Gasteiger partial charge on any atom is -0.316 e. The standard InChI is InChI=1S/C20H27F3N4/c1-12-7-15(11-24-10-12)18-8-13(2)25-19-9-17(26-27(18)19)14-3-5-16(6-4-14)20(21,22)23/h8-9,12,14-16,24H,3-7,10-11H2,1-2H3/t12-,14?,15+,16?/m0/s1. The van der Waals surface area contributed by atoms with Gasteiger partial charge in [0, 0.05) is 30.1 Å². The van der Waals surface area contributed by atoms with E-state index in [-0.39, 0.29) is 18.8 Å². The first-order valence-electron chi connectivity index (χ1n) is 9.96. The molecule has 0 unspecified atom stereocenters. The number of nitrogens with zero attached hydrogens (tertiary/aromatic N) is 3. The Labute approximate surface area is 157 Å². The van der Waals surface area contributed by atoms with Crippen LogP contribution in [0.15, 0.2) is 12.1 Å². The number of halogens is 3. The smallest absolute Gasteiger partial charge is 0.316 e. The van der Waals surface area contributed by atoms with E-state index >= 15 is 0 Å². The topological polar surface area (TPSA) is 42.2 Å². The van der Waals surface area contributed by atoms with Crippen LogP contribution in [0.2, 0.25) is 0 Å². The molecule has 1 saturated heterocycles. The molecule has 1 N–H and O–H groups in total. The predicted octanol–water partition coefficient (Wildman–Crippen LogP) is 4.59. The van der Waals surface area contributed by atoms with Gasteiger partial charge in [-0.15, -0.1) is 0 Å². The van der Waals surface area contributed by atoms with Crippen molar-refractivity contribution in [2.24, 2.45) is 11.8 Å². The molecule has 0 radical (unpaired) electrons. The predicted molar refractivity (Wildman–Crippen MR) is 97.9 cm³/mol. The van der Waals surface area contributed by atoms with Gasteiger partial charge in [0.05, 0.1) is 17.3 Å². The van der Waals surface area contributed by atoms with Crippen molar-refractivity contribution in [2.75, 3.05) is 13.1 Å². The fourth-order valence-electron chi connectivity index (χ4n) is 4.74. The number of piperidine rings is 1. The van der Waals surface area contributed by atoms with Gasteiger partial charge in [-0.3, -0.25) is 0 Å². The number of fused-ring (bicyclic) bond motifs is 1. The maximum absolute atomic E-state index is 12.9. The Hall–Kier alpha value is -1.63. The first-order valence-corrected chi connectivity index (χ1v) is 9.96.